The molecule has 7 heteroatoms. The van der Waals surface area contributed by atoms with Crippen LogP contribution in [0.4, 0.5) is 0 Å². The first-order valence-electron chi connectivity index (χ1n) is 6.20. The first-order chi connectivity index (χ1) is 9.37. The molecule has 108 valence electrons. The Morgan fingerprint density at radius 2 is 2.00 bits per heavy atom. The largest absolute Gasteiger partial charge is 0.449 e. The molecular weight excluding hydrogens is 394 g/mol. The number of ketones is 1. The molecule has 1 fully saturated rings. The molecule has 0 aromatic heterocycles. The quantitative estimate of drug-likeness (QED) is 0.728. The van der Waals surface area contributed by atoms with Gasteiger partial charge in [0.25, 0.3) is 0 Å². The molecular formula is C13H13Br2NO4. The first-order valence-corrected chi connectivity index (χ1v) is 7.79. The number of carbonyl (C=O) groups is 3. The van der Waals surface area contributed by atoms with Crippen LogP contribution in [0.15, 0.2) is 21.1 Å². The van der Waals surface area contributed by atoms with Gasteiger partial charge < -0.3 is 10.1 Å². The number of amides is 1. The lowest BCUT2D eigenvalue weighted by Crippen LogP contribution is -2.38. The summed E-state index contributed by atoms with van der Waals surface area (Å²) in [6.07, 6.45) is 4.48. The van der Waals surface area contributed by atoms with Crippen LogP contribution in [-0.2, 0) is 19.1 Å². The average molecular weight is 407 g/mol. The van der Waals surface area contributed by atoms with Gasteiger partial charge in [-0.2, -0.15) is 0 Å². The summed E-state index contributed by atoms with van der Waals surface area (Å²) in [5.41, 5.74) is -0.979. The molecule has 1 amide bonds. The number of carbonyl (C=O) groups excluding carboxylic acids is 3. The van der Waals surface area contributed by atoms with Gasteiger partial charge in [-0.15, -0.1) is 0 Å². The van der Waals surface area contributed by atoms with Gasteiger partial charge in [-0.1, -0.05) is 6.92 Å². The Morgan fingerprint density at radius 3 is 2.55 bits per heavy atom. The van der Waals surface area contributed by atoms with Crippen LogP contribution in [0, 0.1) is 0 Å². The lowest BCUT2D eigenvalue weighted by Gasteiger charge is -2.24. The van der Waals surface area contributed by atoms with E-state index < -0.39 is 17.6 Å². The minimum Gasteiger partial charge on any atom is -0.449 e. The molecule has 5 nitrogen and oxygen atoms in total. The van der Waals surface area contributed by atoms with Crippen molar-refractivity contribution in [2.45, 2.75) is 37.8 Å². The van der Waals surface area contributed by atoms with E-state index in [1.807, 2.05) is 6.92 Å². The third-order valence-electron chi connectivity index (χ3n) is 3.09. The Kier molecular flexibility index (Phi) is 4.49. The minimum absolute atomic E-state index is 0.176. The van der Waals surface area contributed by atoms with Crippen LogP contribution in [0.3, 0.4) is 0 Å². The van der Waals surface area contributed by atoms with Crippen LogP contribution in [0.2, 0.25) is 0 Å². The summed E-state index contributed by atoms with van der Waals surface area (Å²) in [7, 11) is 0. The molecule has 1 atom stereocenters. The molecule has 1 spiro atoms. The van der Waals surface area contributed by atoms with E-state index >= 15 is 0 Å². The topological polar surface area (TPSA) is 72.5 Å². The summed E-state index contributed by atoms with van der Waals surface area (Å²) in [6, 6.07) is -0.685. The zero-order chi connectivity index (χ0) is 14.9. The van der Waals surface area contributed by atoms with Gasteiger partial charge in [-0.05, 0) is 50.4 Å². The van der Waals surface area contributed by atoms with Crippen LogP contribution in [-0.4, -0.2) is 29.3 Å². The number of halogens is 2. The van der Waals surface area contributed by atoms with Crippen molar-refractivity contribution in [3.63, 3.8) is 0 Å². The Hall–Kier alpha value is -0.950. The number of nitrogens with one attached hydrogen (secondary N) is 1. The van der Waals surface area contributed by atoms with Gasteiger partial charge in [0.15, 0.2) is 5.60 Å². The van der Waals surface area contributed by atoms with Gasteiger partial charge >= 0.3 is 5.97 Å². The van der Waals surface area contributed by atoms with Crippen LogP contribution >= 0.6 is 31.9 Å². The number of rotatable bonds is 3. The molecule has 2 aliphatic rings. The monoisotopic (exact) mass is 405 g/mol. The maximum Gasteiger partial charge on any atom is 0.330 e. The number of Topliss-reactive ketones (excluding diaryl/α,β-unsaturated/α-hetero) is 1. The SMILES string of the molecule is CCCC(=O)NC1CC2(C=C(Br)C(=O)C(Br)=C2)OC1=O. The molecule has 1 aliphatic carbocycles. The van der Waals surface area contributed by atoms with Crippen molar-refractivity contribution in [1.29, 1.82) is 0 Å². The smallest absolute Gasteiger partial charge is 0.330 e. The molecule has 0 aromatic rings. The summed E-state index contributed by atoms with van der Waals surface area (Å²) in [4.78, 5) is 35.1. The predicted octanol–water partition coefficient (Wildman–Crippen LogP) is 2.10. The van der Waals surface area contributed by atoms with Crippen molar-refractivity contribution in [2.24, 2.45) is 0 Å². The third-order valence-corrected chi connectivity index (χ3v) is 4.26. The summed E-state index contributed by atoms with van der Waals surface area (Å²) < 4.78 is 6.02. The normalized spacial score (nSPS) is 24.2. The zero-order valence-electron chi connectivity index (χ0n) is 10.7. The standard InChI is InChI=1S/C13H13Br2NO4/c1-2-3-10(17)16-9-6-13(20-12(9)19)4-7(14)11(18)8(15)5-13/h4-5,9H,2-3,6H2,1H3,(H,16,17). The number of hydrogen-bond acceptors (Lipinski definition) is 4. The second kappa shape index (κ2) is 5.81. The molecule has 1 aliphatic heterocycles. The van der Waals surface area contributed by atoms with Gasteiger partial charge in [-0.3, -0.25) is 9.59 Å². The van der Waals surface area contributed by atoms with E-state index in [1.165, 1.54) is 0 Å². The Balaban J connectivity index is 2.16. The number of hydrogen-bond donors (Lipinski definition) is 1. The number of allylic oxidation sites excluding steroid dienone is 2. The van der Waals surface area contributed by atoms with Gasteiger partial charge in [0.2, 0.25) is 11.7 Å². The van der Waals surface area contributed by atoms with Crippen molar-refractivity contribution < 1.29 is 19.1 Å². The highest BCUT2D eigenvalue weighted by atomic mass is 79.9. The Morgan fingerprint density at radius 1 is 1.40 bits per heavy atom. The van der Waals surface area contributed by atoms with Crippen LogP contribution in [0.5, 0.6) is 0 Å². The van der Waals surface area contributed by atoms with E-state index in [2.05, 4.69) is 37.2 Å². The van der Waals surface area contributed by atoms with E-state index in [9.17, 15) is 14.4 Å². The van der Waals surface area contributed by atoms with Crippen molar-refractivity contribution in [2.75, 3.05) is 0 Å². The van der Waals surface area contributed by atoms with Crippen molar-refractivity contribution >= 4 is 49.5 Å². The maximum absolute atomic E-state index is 11.9. The Bertz CT molecular complexity index is 516. The van der Waals surface area contributed by atoms with Gasteiger partial charge in [0, 0.05) is 12.8 Å². The molecule has 2 rings (SSSR count). The second-order valence-corrected chi connectivity index (χ2v) is 6.47. The number of ether oxygens (including phenoxy) is 1. The fourth-order valence-corrected chi connectivity index (χ4v) is 3.67. The molecule has 1 saturated heterocycles. The fourth-order valence-electron chi connectivity index (χ4n) is 2.20. The summed E-state index contributed by atoms with van der Waals surface area (Å²) in [6.45, 7) is 1.89. The van der Waals surface area contributed by atoms with E-state index in [1.54, 1.807) is 12.2 Å². The highest BCUT2D eigenvalue weighted by Gasteiger charge is 2.47. The summed E-state index contributed by atoms with van der Waals surface area (Å²) >= 11 is 6.31. The fraction of sp³-hybridized carbons (Fsp3) is 0.462. The van der Waals surface area contributed by atoms with Crippen molar-refractivity contribution in [3.8, 4) is 0 Å². The predicted molar refractivity (Wildman–Crippen MR) is 79.3 cm³/mol. The molecule has 0 saturated carbocycles. The third kappa shape index (κ3) is 3.03. The van der Waals surface area contributed by atoms with Crippen LogP contribution < -0.4 is 5.32 Å². The minimum atomic E-state index is -0.979. The highest BCUT2D eigenvalue weighted by molar-refractivity contribution is 9.13. The van der Waals surface area contributed by atoms with Crippen molar-refractivity contribution in [1.82, 2.24) is 5.32 Å². The van der Waals surface area contributed by atoms with E-state index in [-0.39, 0.29) is 18.1 Å². The summed E-state index contributed by atoms with van der Waals surface area (Å²) in [5, 5.41) is 2.65. The Labute approximate surface area is 133 Å². The molecule has 0 aromatic carbocycles. The number of esters is 1. The highest BCUT2D eigenvalue weighted by Crippen LogP contribution is 2.38. The lowest BCUT2D eigenvalue weighted by molar-refractivity contribution is -0.145. The van der Waals surface area contributed by atoms with E-state index in [4.69, 9.17) is 4.74 Å². The van der Waals surface area contributed by atoms with Gasteiger partial charge in [0.05, 0.1) is 8.96 Å². The molecule has 0 bridgehead atoms. The molecule has 1 N–H and O–H groups in total. The van der Waals surface area contributed by atoms with Crippen LogP contribution in [0.1, 0.15) is 26.2 Å². The van der Waals surface area contributed by atoms with Crippen LogP contribution in [0.25, 0.3) is 0 Å². The molecule has 1 unspecified atom stereocenters. The van der Waals surface area contributed by atoms with E-state index in [0.29, 0.717) is 21.8 Å². The first kappa shape index (κ1) is 15.4. The molecule has 20 heavy (non-hydrogen) atoms. The van der Waals surface area contributed by atoms with Crippen molar-refractivity contribution in [3.05, 3.63) is 21.1 Å². The lowest BCUT2D eigenvalue weighted by atomic mass is 9.92. The van der Waals surface area contributed by atoms with E-state index in [0.717, 1.165) is 0 Å². The van der Waals surface area contributed by atoms with Gasteiger partial charge in [0.1, 0.15) is 6.04 Å². The van der Waals surface area contributed by atoms with Gasteiger partial charge in [-0.25, -0.2) is 4.79 Å². The summed E-state index contributed by atoms with van der Waals surface area (Å²) in [5.74, 6) is -0.869. The zero-order valence-corrected chi connectivity index (χ0v) is 13.9. The molecule has 0 radical (unpaired) electrons. The average Bonchev–Trinajstić information content (AvgIpc) is 2.62. The molecule has 1 heterocycles. The second-order valence-electron chi connectivity index (χ2n) is 4.76. The maximum atomic E-state index is 11.9.